The Morgan fingerprint density at radius 2 is 1.96 bits per heavy atom. The molecule has 3 aromatic rings. The summed E-state index contributed by atoms with van der Waals surface area (Å²) in [4.78, 5) is 33.7. The van der Waals surface area contributed by atoms with Gasteiger partial charge in [-0.05, 0) is 18.2 Å². The molecule has 3 N–H and O–H groups in total. The highest BCUT2D eigenvalue weighted by molar-refractivity contribution is 5.96. The van der Waals surface area contributed by atoms with E-state index in [0.29, 0.717) is 5.56 Å². The molecule has 0 spiro atoms. The molecule has 0 unspecified atom stereocenters. The van der Waals surface area contributed by atoms with Crippen LogP contribution >= 0.6 is 0 Å². The molecule has 1 heterocycles. The van der Waals surface area contributed by atoms with Gasteiger partial charge in [0.1, 0.15) is 22.8 Å². The number of aromatic amines is 1. The van der Waals surface area contributed by atoms with Gasteiger partial charge in [0.05, 0.1) is 12.0 Å². The number of benzene rings is 2. The number of nitrogens with one attached hydrogen (secondary N) is 1. The molecule has 1 aromatic heterocycles. The van der Waals surface area contributed by atoms with E-state index in [-0.39, 0.29) is 34.1 Å². The third-order valence-electron chi connectivity index (χ3n) is 3.70. The molecule has 28 heavy (non-hydrogen) atoms. The summed E-state index contributed by atoms with van der Waals surface area (Å²) in [6.45, 7) is 0. The summed E-state index contributed by atoms with van der Waals surface area (Å²) < 4.78 is 10.4. The molecule has 2 aromatic carbocycles. The number of methoxy groups -OCH3 is 1. The third kappa shape index (κ3) is 3.62. The van der Waals surface area contributed by atoms with Crippen molar-refractivity contribution in [1.29, 1.82) is 0 Å². The number of H-pyrrole nitrogens is 1. The SMILES string of the molecule is COC(=O)c1cc([N+](=O)[O-])ccc1Oc1cccc(-c2n[nH]nc2C(N)=O)c1. The lowest BCUT2D eigenvalue weighted by Crippen LogP contribution is -2.12. The van der Waals surface area contributed by atoms with E-state index < -0.39 is 16.8 Å². The van der Waals surface area contributed by atoms with Gasteiger partial charge in [-0.1, -0.05) is 12.1 Å². The van der Waals surface area contributed by atoms with Gasteiger partial charge in [0.25, 0.3) is 11.6 Å². The van der Waals surface area contributed by atoms with E-state index in [1.165, 1.54) is 12.1 Å². The minimum Gasteiger partial charge on any atom is -0.465 e. The smallest absolute Gasteiger partial charge is 0.341 e. The predicted octanol–water partition coefficient (Wildman–Crippen LogP) is 2.06. The lowest BCUT2D eigenvalue weighted by Gasteiger charge is -2.10. The molecule has 0 saturated heterocycles. The summed E-state index contributed by atoms with van der Waals surface area (Å²) in [6.07, 6.45) is 0. The summed E-state index contributed by atoms with van der Waals surface area (Å²) in [5.41, 5.74) is 5.55. The van der Waals surface area contributed by atoms with Gasteiger partial charge in [0, 0.05) is 17.7 Å². The quantitative estimate of drug-likeness (QED) is 0.371. The Morgan fingerprint density at radius 1 is 1.18 bits per heavy atom. The molecule has 11 heteroatoms. The Morgan fingerprint density at radius 3 is 2.64 bits per heavy atom. The van der Waals surface area contributed by atoms with Crippen LogP contribution in [-0.4, -0.2) is 39.3 Å². The van der Waals surface area contributed by atoms with Gasteiger partial charge in [0.15, 0.2) is 5.69 Å². The van der Waals surface area contributed by atoms with Gasteiger partial charge >= 0.3 is 5.97 Å². The normalized spacial score (nSPS) is 10.3. The molecule has 3 rings (SSSR count). The van der Waals surface area contributed by atoms with Crippen molar-refractivity contribution in [3.8, 4) is 22.8 Å². The van der Waals surface area contributed by atoms with E-state index in [2.05, 4.69) is 20.1 Å². The number of hydrogen-bond donors (Lipinski definition) is 2. The largest absolute Gasteiger partial charge is 0.465 e. The standard InChI is InChI=1S/C17H13N5O6/c1-27-17(24)12-8-10(22(25)26)5-6-13(12)28-11-4-2-3-9(7-11)14-15(16(18)23)20-21-19-14/h2-8H,1H3,(H2,18,23)(H,19,20,21). The third-order valence-corrected chi connectivity index (χ3v) is 3.70. The molecular formula is C17H13N5O6. The van der Waals surface area contributed by atoms with Crippen LogP contribution in [0.4, 0.5) is 5.69 Å². The van der Waals surface area contributed by atoms with E-state index in [0.717, 1.165) is 13.2 Å². The Balaban J connectivity index is 1.98. The molecule has 1 amide bonds. The zero-order valence-corrected chi connectivity index (χ0v) is 14.4. The van der Waals surface area contributed by atoms with Crippen molar-refractivity contribution in [2.75, 3.05) is 7.11 Å². The van der Waals surface area contributed by atoms with E-state index >= 15 is 0 Å². The maximum absolute atomic E-state index is 12.0. The van der Waals surface area contributed by atoms with Crippen LogP contribution in [0.3, 0.4) is 0 Å². The van der Waals surface area contributed by atoms with Crippen molar-refractivity contribution >= 4 is 17.6 Å². The number of nitrogens with two attached hydrogens (primary N) is 1. The average molecular weight is 383 g/mol. The zero-order chi connectivity index (χ0) is 20.3. The monoisotopic (exact) mass is 383 g/mol. The Labute approximate surface area is 157 Å². The number of rotatable bonds is 6. The van der Waals surface area contributed by atoms with Crippen LogP contribution in [0.15, 0.2) is 42.5 Å². The number of nitro groups is 1. The number of carbonyl (C=O) groups is 2. The van der Waals surface area contributed by atoms with E-state index in [1.807, 2.05) is 0 Å². The van der Waals surface area contributed by atoms with Gasteiger partial charge in [0.2, 0.25) is 0 Å². The topological polar surface area (TPSA) is 163 Å². The van der Waals surface area contributed by atoms with E-state index in [4.69, 9.17) is 10.5 Å². The van der Waals surface area contributed by atoms with Crippen molar-refractivity contribution < 1.29 is 24.0 Å². The fraction of sp³-hybridized carbons (Fsp3) is 0.0588. The summed E-state index contributed by atoms with van der Waals surface area (Å²) in [5.74, 6) is -1.19. The van der Waals surface area contributed by atoms with Gasteiger partial charge < -0.3 is 15.2 Å². The first-order valence-electron chi connectivity index (χ1n) is 7.76. The molecule has 0 radical (unpaired) electrons. The van der Waals surface area contributed by atoms with Crippen LogP contribution in [0.25, 0.3) is 11.3 Å². The molecule has 0 saturated carbocycles. The maximum Gasteiger partial charge on any atom is 0.341 e. The number of ether oxygens (including phenoxy) is 2. The summed E-state index contributed by atoms with van der Waals surface area (Å²) >= 11 is 0. The van der Waals surface area contributed by atoms with Gasteiger partial charge in [-0.25, -0.2) is 4.79 Å². The van der Waals surface area contributed by atoms with Crippen LogP contribution in [-0.2, 0) is 4.74 Å². The van der Waals surface area contributed by atoms with Crippen LogP contribution < -0.4 is 10.5 Å². The van der Waals surface area contributed by atoms with Crippen LogP contribution in [0, 0.1) is 10.1 Å². The predicted molar refractivity (Wildman–Crippen MR) is 94.8 cm³/mol. The molecule has 0 aliphatic rings. The Kier molecular flexibility index (Phi) is 4.98. The number of nitrogens with zero attached hydrogens (tertiary/aromatic N) is 3. The number of amides is 1. The van der Waals surface area contributed by atoms with Crippen LogP contribution in [0.5, 0.6) is 11.5 Å². The highest BCUT2D eigenvalue weighted by Gasteiger charge is 2.20. The minimum atomic E-state index is -0.789. The van der Waals surface area contributed by atoms with Crippen molar-refractivity contribution in [3.63, 3.8) is 0 Å². The van der Waals surface area contributed by atoms with Crippen LogP contribution in [0.1, 0.15) is 20.8 Å². The second-order valence-electron chi connectivity index (χ2n) is 5.44. The van der Waals surface area contributed by atoms with Crippen molar-refractivity contribution in [2.24, 2.45) is 5.73 Å². The summed E-state index contributed by atoms with van der Waals surface area (Å²) in [7, 11) is 1.15. The zero-order valence-electron chi connectivity index (χ0n) is 14.4. The molecule has 142 valence electrons. The molecule has 0 aliphatic heterocycles. The summed E-state index contributed by atoms with van der Waals surface area (Å²) in [5, 5.41) is 20.9. The van der Waals surface area contributed by atoms with Gasteiger partial charge in [-0.15, -0.1) is 0 Å². The fourth-order valence-electron chi connectivity index (χ4n) is 2.43. The van der Waals surface area contributed by atoms with Gasteiger partial charge in [-0.2, -0.15) is 15.4 Å². The van der Waals surface area contributed by atoms with E-state index in [9.17, 15) is 19.7 Å². The first kappa shape index (κ1) is 18.5. The second-order valence-corrected chi connectivity index (χ2v) is 5.44. The van der Waals surface area contributed by atoms with Gasteiger partial charge in [-0.3, -0.25) is 14.9 Å². The fourth-order valence-corrected chi connectivity index (χ4v) is 2.43. The number of esters is 1. The number of primary amides is 1. The average Bonchev–Trinajstić information content (AvgIpc) is 3.18. The molecule has 11 nitrogen and oxygen atoms in total. The molecule has 0 aliphatic carbocycles. The first-order valence-corrected chi connectivity index (χ1v) is 7.76. The molecule has 0 fully saturated rings. The number of hydrogen-bond acceptors (Lipinski definition) is 8. The number of nitro benzene ring substituents is 1. The highest BCUT2D eigenvalue weighted by Crippen LogP contribution is 2.31. The Bertz CT molecular complexity index is 1080. The maximum atomic E-state index is 12.0. The molecule has 0 bridgehead atoms. The first-order chi connectivity index (χ1) is 13.4. The second kappa shape index (κ2) is 7.53. The molecule has 0 atom stereocenters. The van der Waals surface area contributed by atoms with E-state index in [1.54, 1.807) is 24.3 Å². The van der Waals surface area contributed by atoms with Crippen molar-refractivity contribution in [3.05, 3.63) is 63.8 Å². The van der Waals surface area contributed by atoms with Crippen molar-refractivity contribution in [2.45, 2.75) is 0 Å². The summed E-state index contributed by atoms with van der Waals surface area (Å²) in [6, 6.07) is 9.99. The van der Waals surface area contributed by atoms with Crippen molar-refractivity contribution in [1.82, 2.24) is 15.4 Å². The number of non-ortho nitro benzene ring substituents is 1. The number of carbonyl (C=O) groups excluding carboxylic acids is 2. The highest BCUT2D eigenvalue weighted by atomic mass is 16.6. The lowest BCUT2D eigenvalue weighted by molar-refractivity contribution is -0.384. The number of aromatic nitrogens is 3. The lowest BCUT2D eigenvalue weighted by atomic mass is 10.1. The minimum absolute atomic E-state index is 0.0391. The Hall–Kier alpha value is -4.28. The molecular weight excluding hydrogens is 370 g/mol. The van der Waals surface area contributed by atoms with Crippen LogP contribution in [0.2, 0.25) is 0 Å².